The van der Waals surface area contributed by atoms with E-state index in [2.05, 4.69) is 5.32 Å². The Labute approximate surface area is 185 Å². The molecule has 0 spiro atoms. The maximum absolute atomic E-state index is 14.4. The number of amides is 1. The molecule has 1 aromatic heterocycles. The third-order valence-electron chi connectivity index (χ3n) is 5.23. The molecular weight excluding hydrogens is 409 g/mol. The molecule has 0 saturated heterocycles. The van der Waals surface area contributed by atoms with Crippen molar-refractivity contribution in [2.24, 2.45) is 0 Å². The molecule has 4 aromatic rings. The molecule has 0 fully saturated rings. The van der Waals surface area contributed by atoms with Crippen LogP contribution in [0.3, 0.4) is 0 Å². The van der Waals surface area contributed by atoms with E-state index in [9.17, 15) is 9.18 Å². The van der Waals surface area contributed by atoms with E-state index < -0.39 is 0 Å². The molecule has 1 atom stereocenters. The van der Waals surface area contributed by atoms with Crippen molar-refractivity contribution in [3.8, 4) is 0 Å². The molecule has 3 aromatic carbocycles. The van der Waals surface area contributed by atoms with E-state index in [1.54, 1.807) is 36.0 Å². The van der Waals surface area contributed by atoms with E-state index in [1.165, 1.54) is 6.07 Å². The third kappa shape index (κ3) is 4.80. The Morgan fingerprint density at radius 2 is 1.74 bits per heavy atom. The summed E-state index contributed by atoms with van der Waals surface area (Å²) in [4.78, 5) is 17.8. The Kier molecular flexibility index (Phi) is 6.67. The van der Waals surface area contributed by atoms with Crippen LogP contribution in [-0.2, 0) is 6.54 Å². The quantitative estimate of drug-likeness (QED) is 0.402. The van der Waals surface area contributed by atoms with Crippen molar-refractivity contribution >= 4 is 28.7 Å². The van der Waals surface area contributed by atoms with Gasteiger partial charge in [-0.3, -0.25) is 4.79 Å². The molecule has 0 aliphatic heterocycles. The first kappa shape index (κ1) is 21.1. The lowest BCUT2D eigenvalue weighted by atomic mass is 10.1. The fraction of sp³-hybridized carbons (Fsp3) is 0.200. The van der Waals surface area contributed by atoms with E-state index in [1.807, 2.05) is 59.4 Å². The largest absolute Gasteiger partial charge is 0.342 e. The van der Waals surface area contributed by atoms with E-state index in [0.29, 0.717) is 17.7 Å². The Bertz CT molecular complexity index is 1180. The van der Waals surface area contributed by atoms with Crippen LogP contribution < -0.4 is 5.32 Å². The van der Waals surface area contributed by atoms with Crippen molar-refractivity contribution in [3.05, 3.63) is 102 Å². The summed E-state index contributed by atoms with van der Waals surface area (Å²) in [6, 6.07) is 23.5. The van der Waals surface area contributed by atoms with Crippen LogP contribution in [0.1, 0.15) is 34.2 Å². The van der Waals surface area contributed by atoms with Crippen LogP contribution in [-0.4, -0.2) is 27.5 Å². The fourth-order valence-corrected chi connectivity index (χ4v) is 4.13. The van der Waals surface area contributed by atoms with Gasteiger partial charge in [-0.1, -0.05) is 48.5 Å². The second-order valence-corrected chi connectivity index (χ2v) is 8.30. The molecule has 6 heteroatoms. The first-order valence-electron chi connectivity index (χ1n) is 10.2. The summed E-state index contributed by atoms with van der Waals surface area (Å²) in [5.41, 5.74) is 2.94. The Hall–Kier alpha value is -3.12. The zero-order chi connectivity index (χ0) is 21.6. The molecular formula is C25H24FN3OS. The van der Waals surface area contributed by atoms with Crippen molar-refractivity contribution in [1.82, 2.24) is 14.9 Å². The normalized spacial score (nSPS) is 12.1. The van der Waals surface area contributed by atoms with E-state index in [0.717, 1.165) is 29.0 Å². The molecule has 0 unspecified atom stereocenters. The number of carbonyl (C=O) groups is 1. The van der Waals surface area contributed by atoms with Gasteiger partial charge in [0.25, 0.3) is 5.91 Å². The second kappa shape index (κ2) is 9.79. The highest BCUT2D eigenvalue weighted by molar-refractivity contribution is 7.98. The van der Waals surface area contributed by atoms with Crippen molar-refractivity contribution in [3.63, 3.8) is 0 Å². The number of para-hydroxylation sites is 2. The maximum Gasteiger partial charge on any atom is 0.251 e. The van der Waals surface area contributed by atoms with Crippen LogP contribution >= 0.6 is 11.8 Å². The van der Waals surface area contributed by atoms with Gasteiger partial charge in [0.15, 0.2) is 0 Å². The van der Waals surface area contributed by atoms with Crippen LogP contribution in [0, 0.1) is 5.82 Å². The molecule has 0 aliphatic rings. The van der Waals surface area contributed by atoms with E-state index in [-0.39, 0.29) is 17.8 Å². The van der Waals surface area contributed by atoms with E-state index >= 15 is 0 Å². The topological polar surface area (TPSA) is 46.9 Å². The van der Waals surface area contributed by atoms with Gasteiger partial charge in [-0.05, 0) is 48.8 Å². The molecule has 4 nitrogen and oxygen atoms in total. The van der Waals surface area contributed by atoms with E-state index in [4.69, 9.17) is 4.98 Å². The number of nitrogens with one attached hydrogen (secondary N) is 1. The van der Waals surface area contributed by atoms with Crippen molar-refractivity contribution in [2.45, 2.75) is 19.0 Å². The number of rotatable bonds is 8. The number of halogens is 1. The number of thioether (sulfide) groups is 1. The molecule has 0 saturated carbocycles. The molecule has 4 rings (SSSR count). The van der Waals surface area contributed by atoms with Gasteiger partial charge < -0.3 is 9.88 Å². The lowest BCUT2D eigenvalue weighted by Crippen LogP contribution is -2.31. The van der Waals surface area contributed by atoms with Gasteiger partial charge in [-0.15, -0.1) is 0 Å². The standard InChI is InChI=1S/C25H24FN3OS/c1-31-16-15-22(28-25(30)18-9-3-2-4-10-18)24-27-21-13-7-8-14-23(21)29(24)17-19-11-5-6-12-20(19)26/h2-14,22H,15-17H2,1H3,(H,28,30)/t22-/m0/s1. The molecule has 31 heavy (non-hydrogen) atoms. The highest BCUT2D eigenvalue weighted by Gasteiger charge is 2.23. The van der Waals surface area contributed by atoms with Gasteiger partial charge in [-0.25, -0.2) is 9.37 Å². The molecule has 1 amide bonds. The zero-order valence-corrected chi connectivity index (χ0v) is 18.1. The molecule has 158 valence electrons. The zero-order valence-electron chi connectivity index (χ0n) is 17.3. The molecule has 0 radical (unpaired) electrons. The highest BCUT2D eigenvalue weighted by atomic mass is 32.2. The lowest BCUT2D eigenvalue weighted by Gasteiger charge is -2.20. The second-order valence-electron chi connectivity index (χ2n) is 7.31. The smallest absolute Gasteiger partial charge is 0.251 e. The molecule has 1 N–H and O–H groups in total. The summed E-state index contributed by atoms with van der Waals surface area (Å²) < 4.78 is 16.5. The number of hydrogen-bond acceptors (Lipinski definition) is 3. The Balaban J connectivity index is 1.75. The fourth-order valence-electron chi connectivity index (χ4n) is 3.66. The van der Waals surface area contributed by atoms with Gasteiger partial charge in [0.05, 0.1) is 23.6 Å². The summed E-state index contributed by atoms with van der Waals surface area (Å²) >= 11 is 1.72. The Morgan fingerprint density at radius 3 is 2.52 bits per heavy atom. The molecule has 0 bridgehead atoms. The van der Waals surface area contributed by atoms with Gasteiger partial charge in [0.1, 0.15) is 11.6 Å². The van der Waals surface area contributed by atoms with Crippen molar-refractivity contribution < 1.29 is 9.18 Å². The van der Waals surface area contributed by atoms with Crippen LogP contribution in [0.2, 0.25) is 0 Å². The SMILES string of the molecule is CSCC[C@H](NC(=O)c1ccccc1)c1nc2ccccc2n1Cc1ccccc1F. The highest BCUT2D eigenvalue weighted by Crippen LogP contribution is 2.26. The summed E-state index contributed by atoms with van der Waals surface area (Å²) in [6.45, 7) is 0.347. The van der Waals surface area contributed by atoms with Crippen LogP contribution in [0.25, 0.3) is 11.0 Å². The summed E-state index contributed by atoms with van der Waals surface area (Å²) in [5.74, 6) is 1.21. The summed E-state index contributed by atoms with van der Waals surface area (Å²) in [5, 5.41) is 3.16. The number of hydrogen-bond donors (Lipinski definition) is 1. The summed E-state index contributed by atoms with van der Waals surface area (Å²) in [6.07, 6.45) is 2.76. The number of benzene rings is 3. The van der Waals surface area contributed by atoms with Crippen LogP contribution in [0.15, 0.2) is 78.9 Å². The predicted molar refractivity (Wildman–Crippen MR) is 125 cm³/mol. The van der Waals surface area contributed by atoms with Crippen molar-refractivity contribution in [2.75, 3.05) is 12.0 Å². The monoisotopic (exact) mass is 433 g/mol. The third-order valence-corrected chi connectivity index (χ3v) is 5.88. The first-order valence-corrected chi connectivity index (χ1v) is 11.6. The first-order chi connectivity index (χ1) is 15.2. The van der Waals surface area contributed by atoms with Gasteiger partial charge in [0, 0.05) is 11.1 Å². The Morgan fingerprint density at radius 1 is 1.03 bits per heavy atom. The number of nitrogens with zero attached hydrogens (tertiary/aromatic N) is 2. The van der Waals surface area contributed by atoms with Crippen LogP contribution in [0.5, 0.6) is 0 Å². The minimum atomic E-state index is -0.292. The number of carbonyl (C=O) groups excluding carboxylic acids is 1. The predicted octanol–water partition coefficient (Wildman–Crippen LogP) is 5.45. The van der Waals surface area contributed by atoms with Gasteiger partial charge >= 0.3 is 0 Å². The average molecular weight is 434 g/mol. The minimum Gasteiger partial charge on any atom is -0.342 e. The minimum absolute atomic E-state index is 0.142. The number of aromatic nitrogens is 2. The van der Waals surface area contributed by atoms with Gasteiger partial charge in [-0.2, -0.15) is 11.8 Å². The number of fused-ring (bicyclic) bond motifs is 1. The molecule has 1 heterocycles. The molecule has 0 aliphatic carbocycles. The van der Waals surface area contributed by atoms with Gasteiger partial charge in [0.2, 0.25) is 0 Å². The number of imidazole rings is 1. The summed E-state index contributed by atoms with van der Waals surface area (Å²) in [7, 11) is 0. The maximum atomic E-state index is 14.4. The van der Waals surface area contributed by atoms with Crippen molar-refractivity contribution in [1.29, 1.82) is 0 Å². The van der Waals surface area contributed by atoms with Crippen LogP contribution in [0.4, 0.5) is 4.39 Å². The lowest BCUT2D eigenvalue weighted by molar-refractivity contribution is 0.0933. The average Bonchev–Trinajstić information content (AvgIpc) is 3.17.